The van der Waals surface area contributed by atoms with Gasteiger partial charge in [0.2, 0.25) is 0 Å². The zero-order valence-corrected chi connectivity index (χ0v) is 5.67. The second-order valence-electron chi connectivity index (χ2n) is 0.652. The Bertz CT molecular complexity index is 66.7. The Morgan fingerprint density at radius 1 is 1.57 bits per heavy atom. The highest BCUT2D eigenvalue weighted by Crippen LogP contribution is 1.53. The largest absolute Gasteiger partial charge is 1.41 e. The molecule has 0 atom stereocenters. The molecule has 3 nitrogen and oxygen atoms in total. The van der Waals surface area contributed by atoms with Crippen molar-refractivity contribution in [3.63, 3.8) is 0 Å². The summed E-state index contributed by atoms with van der Waals surface area (Å²) < 4.78 is 0. The van der Waals surface area contributed by atoms with E-state index in [9.17, 15) is 0 Å². The molecule has 0 aromatic carbocycles. The maximum atomic E-state index is 3.56. The molecular weight excluding hydrogens is 102 g/mol. The van der Waals surface area contributed by atoms with Crippen molar-refractivity contribution in [3.05, 3.63) is 12.7 Å². The molecule has 33 valence electrons. The molecule has 4 heteroatoms. The molecule has 1 aromatic heterocycles. The van der Waals surface area contributed by atoms with Crippen LogP contribution in [-0.4, -0.2) is 36.9 Å². The van der Waals surface area contributed by atoms with Gasteiger partial charge < -0.3 is 0 Å². The lowest BCUT2D eigenvalue weighted by Gasteiger charge is -1.46. The van der Waals surface area contributed by atoms with Gasteiger partial charge in [-0.15, -0.1) is 0 Å². The molecule has 0 saturated carbocycles. The average Bonchev–Trinajstić information content (AvgIpc) is 2.23. The molecule has 0 amide bonds. The van der Waals surface area contributed by atoms with Gasteiger partial charge in [0, 0.05) is 0 Å². The number of hydrogen-bond donors (Lipinski definition) is 1. The van der Waals surface area contributed by atoms with Gasteiger partial charge in [0.15, 0.2) is 0 Å². The molecule has 0 spiro atoms. The van der Waals surface area contributed by atoms with Crippen LogP contribution in [0.2, 0.25) is 5.05 Å². The molecule has 7 radical (unpaired) electrons. The van der Waals surface area contributed by atoms with E-state index in [0.717, 1.165) is 0 Å². The van der Waals surface area contributed by atoms with Crippen LogP contribution < -0.4 is 0 Å². The Morgan fingerprint density at radius 2 is 2.29 bits per heavy atom. The van der Waals surface area contributed by atoms with E-state index in [1.165, 1.54) is 12.7 Å². The van der Waals surface area contributed by atoms with E-state index >= 15 is 0 Å². The molecule has 0 saturated heterocycles. The zero-order chi connectivity index (χ0) is 5.54. The van der Waals surface area contributed by atoms with Gasteiger partial charge in [0.1, 0.15) is 12.7 Å². The van der Waals surface area contributed by atoms with Crippen LogP contribution in [0.3, 0.4) is 0 Å². The second kappa shape index (κ2) is 5.91. The van der Waals surface area contributed by atoms with Crippen molar-refractivity contribution in [2.24, 2.45) is 0 Å². The second-order valence-corrected chi connectivity index (χ2v) is 0.652. The van der Waals surface area contributed by atoms with E-state index in [4.69, 9.17) is 0 Å². The first-order valence-electron chi connectivity index (χ1n) is 1.99. The van der Waals surface area contributed by atoms with Crippen LogP contribution in [0.4, 0.5) is 0 Å². The van der Waals surface area contributed by atoms with E-state index in [1.807, 2.05) is 26.8 Å². The molecule has 0 aliphatic carbocycles. The normalized spacial score (nSPS) is 6.57. The molecule has 0 aliphatic heterocycles. The summed E-state index contributed by atoms with van der Waals surface area (Å²) in [6, 6.07) is 0. The summed E-state index contributed by atoms with van der Waals surface area (Å²) in [6.45, 7) is 0. The lowest BCUT2D eigenvalue weighted by atomic mass is 11.3. The van der Waals surface area contributed by atoms with Crippen LogP contribution in [0.5, 0.6) is 0 Å². The smallest absolute Gasteiger partial charge is 0.266 e. The van der Waals surface area contributed by atoms with Crippen molar-refractivity contribution in [2.75, 3.05) is 0 Å². The van der Waals surface area contributed by atoms with Gasteiger partial charge in [0.05, 0.1) is 0 Å². The summed E-state index contributed by atoms with van der Waals surface area (Å²) >= 11 is 1.86. The van der Waals surface area contributed by atoms with Gasteiger partial charge in [-0.3, -0.25) is 5.10 Å². The number of rotatable bonds is 0. The third-order valence-electron chi connectivity index (χ3n) is 0.331. The summed E-state index contributed by atoms with van der Waals surface area (Å²) in [6.07, 6.45) is 2.96. The van der Waals surface area contributed by atoms with E-state index in [0.29, 0.717) is 0 Å². The van der Waals surface area contributed by atoms with Crippen LogP contribution in [-0.2, 0) is 0 Å². The van der Waals surface area contributed by atoms with Gasteiger partial charge in [-0.25, -0.2) is 4.98 Å². The summed E-state index contributed by atoms with van der Waals surface area (Å²) in [5, 5.41) is 8.01. The predicted octanol–water partition coefficient (Wildman–Crippen LogP) is 0.00770. The number of H-pyrrole nitrogens is 1. The van der Waals surface area contributed by atoms with Gasteiger partial charge in [-0.05, 0) is 0 Å². The Balaban J connectivity index is 0.000000162. The Kier molecular flexibility index (Phi) is 5.83. The minimum absolute atomic E-state index is 1.44. The van der Waals surface area contributed by atoms with Crippen LogP contribution >= 0.6 is 0 Å². The molecule has 0 aliphatic rings. The first kappa shape index (κ1) is 6.91. The van der Waals surface area contributed by atoms with E-state index < -0.39 is 0 Å². The zero-order valence-electron chi connectivity index (χ0n) is 4.26. The summed E-state index contributed by atoms with van der Waals surface area (Å²) in [4.78, 5) is 3.56. The fourth-order valence-electron chi connectivity index (χ4n) is 0.167. The highest BCUT2D eigenvalue weighted by Gasteiger charge is 1.99. The van der Waals surface area contributed by atoms with Crippen LogP contribution in [0, 0.1) is 0 Å². The van der Waals surface area contributed by atoms with Gasteiger partial charge in [-0.1, -0.05) is 0 Å². The lowest BCUT2D eigenvalue weighted by molar-refractivity contribution is 1.09. The quantitative estimate of drug-likeness (QED) is 0.476. The molecule has 1 aromatic rings. The van der Waals surface area contributed by atoms with Gasteiger partial charge in [-0.2, -0.15) is 5.10 Å². The molecule has 7 heavy (non-hydrogen) atoms. The fraction of sp³-hybridized carbons (Fsp3) is 0.333. The summed E-state index contributed by atoms with van der Waals surface area (Å²) in [5.74, 6) is 0. The third-order valence-corrected chi connectivity index (χ3v) is 0.331. The maximum Gasteiger partial charge on any atom is 1.41 e. The number of aromatic nitrogens is 3. The highest BCUT2D eigenvalue weighted by atomic mass is 24.4. The van der Waals surface area contributed by atoms with Crippen LogP contribution in [0.1, 0.15) is 0 Å². The number of aromatic amines is 1. The first-order chi connectivity index (χ1) is 3.50. The van der Waals surface area contributed by atoms with Gasteiger partial charge in [0.25, 0.3) is 5.05 Å². The number of nitrogens with one attached hydrogen (secondary N) is 1. The molecule has 1 rings (SSSR count). The standard InChI is InChI=1S/C2H3N3.CH3.Mg/c1-3-2-5-4-1;;/h1-2H,(H,3,4,5);1H3;/q;;+2. The minimum Gasteiger partial charge on any atom is -0.266 e. The molecule has 0 unspecified atom stereocenters. The third kappa shape index (κ3) is 3.74. The first-order valence-corrected chi connectivity index (χ1v) is 3.41. The van der Waals surface area contributed by atoms with Crippen molar-refractivity contribution in [1.29, 1.82) is 0 Å². The molecule has 1 heterocycles. The topological polar surface area (TPSA) is 41.6 Å². The summed E-state index contributed by atoms with van der Waals surface area (Å²) in [5.41, 5.74) is 0. The van der Waals surface area contributed by atoms with E-state index in [-0.39, 0.29) is 0 Å². The fourth-order valence-corrected chi connectivity index (χ4v) is 0.167. The van der Waals surface area contributed by atoms with Crippen molar-refractivity contribution >= 4 is 21.7 Å². The van der Waals surface area contributed by atoms with Crippen LogP contribution in [0.15, 0.2) is 12.7 Å². The van der Waals surface area contributed by atoms with Crippen molar-refractivity contribution in [1.82, 2.24) is 15.2 Å². The monoisotopic (exact) mass is 108 g/mol. The van der Waals surface area contributed by atoms with Crippen molar-refractivity contribution < 1.29 is 0 Å². The van der Waals surface area contributed by atoms with E-state index in [1.54, 1.807) is 0 Å². The Morgan fingerprint density at radius 3 is 2.43 bits per heavy atom. The van der Waals surface area contributed by atoms with Crippen LogP contribution in [0.25, 0.3) is 0 Å². The van der Waals surface area contributed by atoms with Crippen molar-refractivity contribution in [3.8, 4) is 0 Å². The van der Waals surface area contributed by atoms with Crippen molar-refractivity contribution in [2.45, 2.75) is 5.05 Å². The minimum atomic E-state index is 1.44. The molecule has 0 fully saturated rings. The lowest BCUT2D eigenvalue weighted by Crippen LogP contribution is -1.53. The Hall–Kier alpha value is -0.0938. The molecule has 0 bridgehead atoms. The number of nitrogens with zero attached hydrogens (tertiary/aromatic N) is 2. The number of hydrogen-bond acceptors (Lipinski definition) is 2. The Labute approximate surface area is 55.0 Å². The van der Waals surface area contributed by atoms with Gasteiger partial charge >= 0.3 is 21.7 Å². The summed E-state index contributed by atoms with van der Waals surface area (Å²) in [7, 11) is 0. The predicted molar refractivity (Wildman–Crippen MR) is 28.0 cm³/mol. The highest BCUT2D eigenvalue weighted by molar-refractivity contribution is 6.05. The average molecular weight is 108 g/mol. The van der Waals surface area contributed by atoms with E-state index in [2.05, 4.69) is 15.2 Å². The maximum absolute atomic E-state index is 3.56. The molecular formula is C3H6MgN3+2. The molecule has 1 N–H and O–H groups in total. The SMILES string of the molecule is [CH3][Mg+2].c1nc[nH]n1.